The number of nitrogens with zero attached hydrogens (tertiary/aromatic N) is 1. The van der Waals surface area contributed by atoms with Crippen molar-refractivity contribution in [2.75, 3.05) is 19.6 Å². The number of nitrogens with one attached hydrogen (secondary N) is 1. The lowest BCUT2D eigenvalue weighted by atomic mass is 10.2. The van der Waals surface area contributed by atoms with Crippen LogP contribution in [0.5, 0.6) is 0 Å². The van der Waals surface area contributed by atoms with Gasteiger partial charge in [-0.2, -0.15) is 0 Å². The third-order valence-corrected chi connectivity index (χ3v) is 2.97. The highest BCUT2D eigenvalue weighted by atomic mass is 16.4. The monoisotopic (exact) mass is 290 g/mol. The number of hydrogen-bond acceptors (Lipinski definition) is 3. The van der Waals surface area contributed by atoms with E-state index in [0.29, 0.717) is 26.1 Å². The van der Waals surface area contributed by atoms with Gasteiger partial charge in [-0.25, -0.2) is 0 Å². The first-order chi connectivity index (χ1) is 10.1. The summed E-state index contributed by atoms with van der Waals surface area (Å²) in [5, 5.41) is 11.9. The van der Waals surface area contributed by atoms with Crippen molar-refractivity contribution in [3.63, 3.8) is 0 Å². The predicted octanol–water partition coefficient (Wildman–Crippen LogP) is 1.66. The van der Waals surface area contributed by atoms with Crippen molar-refractivity contribution < 1.29 is 14.7 Å². The van der Waals surface area contributed by atoms with E-state index < -0.39 is 5.97 Å². The largest absolute Gasteiger partial charge is 0.481 e. The lowest BCUT2D eigenvalue weighted by molar-refractivity contribution is -0.138. The molecule has 0 fully saturated rings. The van der Waals surface area contributed by atoms with E-state index in [1.807, 2.05) is 30.3 Å². The quantitative estimate of drug-likeness (QED) is 0.508. The van der Waals surface area contributed by atoms with Crippen molar-refractivity contribution in [2.45, 2.75) is 19.4 Å². The van der Waals surface area contributed by atoms with Crippen LogP contribution >= 0.6 is 0 Å². The van der Waals surface area contributed by atoms with E-state index in [2.05, 4.69) is 11.9 Å². The van der Waals surface area contributed by atoms with Gasteiger partial charge in [-0.3, -0.25) is 9.59 Å². The maximum atomic E-state index is 12.2. The molecule has 5 nitrogen and oxygen atoms in total. The van der Waals surface area contributed by atoms with Gasteiger partial charge in [0.25, 0.3) is 0 Å². The molecule has 1 amide bonds. The van der Waals surface area contributed by atoms with Crippen LogP contribution in [0.25, 0.3) is 0 Å². The summed E-state index contributed by atoms with van der Waals surface area (Å²) in [6, 6.07) is 9.57. The topological polar surface area (TPSA) is 69.6 Å². The highest BCUT2D eigenvalue weighted by molar-refractivity contribution is 5.77. The molecule has 0 unspecified atom stereocenters. The fourth-order valence-electron chi connectivity index (χ4n) is 1.88. The van der Waals surface area contributed by atoms with Crippen LogP contribution in [0.3, 0.4) is 0 Å². The lowest BCUT2D eigenvalue weighted by Crippen LogP contribution is -2.34. The lowest BCUT2D eigenvalue weighted by Gasteiger charge is -2.22. The number of carboxylic acid groups (broad SMARTS) is 1. The number of carbonyl (C=O) groups is 2. The smallest absolute Gasteiger partial charge is 0.305 e. The Morgan fingerprint density at radius 2 is 1.95 bits per heavy atom. The Kier molecular flexibility index (Phi) is 7.82. The number of benzene rings is 1. The van der Waals surface area contributed by atoms with Crippen molar-refractivity contribution in [1.82, 2.24) is 10.2 Å². The molecule has 0 atom stereocenters. The predicted molar refractivity (Wildman–Crippen MR) is 81.8 cm³/mol. The molecule has 1 aromatic rings. The van der Waals surface area contributed by atoms with Gasteiger partial charge in [0, 0.05) is 32.6 Å². The van der Waals surface area contributed by atoms with E-state index in [-0.39, 0.29) is 18.9 Å². The fourth-order valence-corrected chi connectivity index (χ4v) is 1.88. The number of hydrogen-bond donors (Lipinski definition) is 2. The summed E-state index contributed by atoms with van der Waals surface area (Å²) in [4.78, 5) is 24.5. The van der Waals surface area contributed by atoms with Crippen LogP contribution < -0.4 is 5.32 Å². The zero-order valence-electron chi connectivity index (χ0n) is 12.1. The first kappa shape index (κ1) is 16.9. The number of carbonyl (C=O) groups excluding carboxylic acids is 1. The molecular weight excluding hydrogens is 268 g/mol. The molecule has 0 saturated carbocycles. The minimum Gasteiger partial charge on any atom is -0.481 e. The van der Waals surface area contributed by atoms with Gasteiger partial charge in [0.05, 0.1) is 6.42 Å². The molecule has 0 radical (unpaired) electrons. The van der Waals surface area contributed by atoms with Crippen LogP contribution in [0.15, 0.2) is 43.0 Å². The number of amides is 1. The molecule has 5 heteroatoms. The number of rotatable bonds is 10. The maximum Gasteiger partial charge on any atom is 0.305 e. The molecule has 0 aliphatic carbocycles. The fraction of sp³-hybridized carbons (Fsp3) is 0.375. The Bertz CT molecular complexity index is 460. The van der Waals surface area contributed by atoms with Crippen LogP contribution in [0, 0.1) is 0 Å². The second-order valence-electron chi connectivity index (χ2n) is 4.69. The first-order valence-corrected chi connectivity index (χ1v) is 6.98. The minimum absolute atomic E-state index is 0.0430. The third kappa shape index (κ3) is 7.27. The Labute approximate surface area is 125 Å². The number of aliphatic carboxylic acids is 1. The average Bonchev–Trinajstić information content (AvgIpc) is 2.48. The average molecular weight is 290 g/mol. The van der Waals surface area contributed by atoms with Gasteiger partial charge in [0.15, 0.2) is 0 Å². The Hall–Kier alpha value is -2.14. The Morgan fingerprint density at radius 3 is 2.57 bits per heavy atom. The molecule has 0 aliphatic rings. The Morgan fingerprint density at radius 1 is 1.24 bits per heavy atom. The van der Waals surface area contributed by atoms with Gasteiger partial charge < -0.3 is 15.3 Å². The van der Waals surface area contributed by atoms with Crippen molar-refractivity contribution in [3.05, 3.63) is 48.6 Å². The van der Waals surface area contributed by atoms with Crippen LogP contribution in [0.2, 0.25) is 0 Å². The molecule has 0 bridgehead atoms. The van der Waals surface area contributed by atoms with Crippen molar-refractivity contribution in [2.24, 2.45) is 0 Å². The highest BCUT2D eigenvalue weighted by Gasteiger charge is 2.14. The summed E-state index contributed by atoms with van der Waals surface area (Å²) in [7, 11) is 0. The highest BCUT2D eigenvalue weighted by Crippen LogP contribution is 2.07. The summed E-state index contributed by atoms with van der Waals surface area (Å²) in [5.74, 6) is -0.942. The van der Waals surface area contributed by atoms with Crippen molar-refractivity contribution >= 4 is 11.9 Å². The van der Waals surface area contributed by atoms with Crippen LogP contribution in [0.4, 0.5) is 0 Å². The standard InChI is InChI=1S/C16H22N2O3/c1-2-10-17-11-8-15(19)18(12-9-16(20)21)13-14-6-4-3-5-7-14/h2-7,17H,1,8-13H2,(H,20,21). The second kappa shape index (κ2) is 9.72. The Balaban J connectivity index is 2.56. The van der Waals surface area contributed by atoms with Crippen LogP contribution in [-0.2, 0) is 16.1 Å². The van der Waals surface area contributed by atoms with E-state index >= 15 is 0 Å². The number of carboxylic acids is 1. The molecule has 0 aromatic heterocycles. The van der Waals surface area contributed by atoms with Gasteiger partial charge in [-0.15, -0.1) is 6.58 Å². The first-order valence-electron chi connectivity index (χ1n) is 6.98. The molecule has 1 aromatic carbocycles. The van der Waals surface area contributed by atoms with Gasteiger partial charge in [0.2, 0.25) is 5.91 Å². The molecule has 21 heavy (non-hydrogen) atoms. The summed E-state index contributed by atoms with van der Waals surface area (Å²) in [5.41, 5.74) is 0.996. The summed E-state index contributed by atoms with van der Waals surface area (Å²) < 4.78 is 0. The normalized spacial score (nSPS) is 10.1. The minimum atomic E-state index is -0.898. The zero-order chi connectivity index (χ0) is 15.5. The van der Waals surface area contributed by atoms with Gasteiger partial charge in [0.1, 0.15) is 0 Å². The summed E-state index contributed by atoms with van der Waals surface area (Å²) >= 11 is 0. The van der Waals surface area contributed by atoms with Gasteiger partial charge >= 0.3 is 5.97 Å². The molecule has 1 rings (SSSR count). The van der Waals surface area contributed by atoms with E-state index in [9.17, 15) is 9.59 Å². The SMILES string of the molecule is C=CCNCCC(=O)N(CCC(=O)O)Cc1ccccc1. The summed E-state index contributed by atoms with van der Waals surface area (Å²) in [6.07, 6.45) is 2.04. The molecule has 0 heterocycles. The molecule has 0 saturated heterocycles. The van der Waals surface area contributed by atoms with Crippen molar-refractivity contribution in [1.29, 1.82) is 0 Å². The molecular formula is C16H22N2O3. The van der Waals surface area contributed by atoms with Crippen molar-refractivity contribution in [3.8, 4) is 0 Å². The van der Waals surface area contributed by atoms with Crippen LogP contribution in [0.1, 0.15) is 18.4 Å². The second-order valence-corrected chi connectivity index (χ2v) is 4.69. The third-order valence-electron chi connectivity index (χ3n) is 2.97. The molecule has 0 aliphatic heterocycles. The van der Waals surface area contributed by atoms with Gasteiger partial charge in [-0.1, -0.05) is 36.4 Å². The summed E-state index contributed by atoms with van der Waals surface area (Å²) in [6.45, 7) is 5.47. The van der Waals surface area contributed by atoms with E-state index in [1.54, 1.807) is 11.0 Å². The van der Waals surface area contributed by atoms with Crippen LogP contribution in [-0.4, -0.2) is 41.5 Å². The maximum absolute atomic E-state index is 12.2. The molecule has 0 spiro atoms. The van der Waals surface area contributed by atoms with Gasteiger partial charge in [-0.05, 0) is 5.56 Å². The molecule has 114 valence electrons. The zero-order valence-corrected chi connectivity index (χ0v) is 12.1. The molecule has 2 N–H and O–H groups in total. The van der Waals surface area contributed by atoms with E-state index in [0.717, 1.165) is 5.56 Å². The van der Waals surface area contributed by atoms with E-state index in [4.69, 9.17) is 5.11 Å². The van der Waals surface area contributed by atoms with E-state index in [1.165, 1.54) is 0 Å².